The van der Waals surface area contributed by atoms with Crippen molar-refractivity contribution < 1.29 is 47.9 Å². The van der Waals surface area contributed by atoms with E-state index in [0.29, 0.717) is 18.5 Å². The Morgan fingerprint density at radius 1 is 1.33 bits per heavy atom. The summed E-state index contributed by atoms with van der Waals surface area (Å²) in [7, 11) is 4.23. The molecule has 0 aromatic carbocycles. The molecular weight excluding hydrogens is 635 g/mol. The number of aliphatic hydroxyl groups is 2. The Kier molecular flexibility index (Phi) is 10.5. The summed E-state index contributed by atoms with van der Waals surface area (Å²) in [6, 6.07) is -1.42. The lowest BCUT2D eigenvalue weighted by Gasteiger charge is -2.28. The Morgan fingerprint density at radius 3 is 2.60 bits per heavy atom. The maximum atomic E-state index is 14.2. The lowest BCUT2D eigenvalue weighted by atomic mass is 9.97. The third kappa shape index (κ3) is 7.62. The highest BCUT2D eigenvalue weighted by molar-refractivity contribution is 8.56. The Balaban J connectivity index is 1.43. The molecule has 3 aliphatic rings. The van der Waals surface area contributed by atoms with Gasteiger partial charge < -0.3 is 44.9 Å². The fourth-order valence-electron chi connectivity index (χ4n) is 4.75. The summed E-state index contributed by atoms with van der Waals surface area (Å²) in [5.74, 6) is -0.951. The number of hydrogen-bond donors (Lipinski definition) is 6. The van der Waals surface area contributed by atoms with E-state index in [4.69, 9.17) is 24.5 Å². The molecule has 252 valence electrons. The van der Waals surface area contributed by atoms with Crippen LogP contribution in [0.25, 0.3) is 0 Å². The molecule has 3 heterocycles. The molecule has 0 radical (unpaired) electrons. The Morgan fingerprint density at radius 2 is 2.02 bits per heavy atom. The van der Waals surface area contributed by atoms with Crippen LogP contribution in [0.2, 0.25) is 0 Å². The third-order valence-corrected chi connectivity index (χ3v) is 11.7. The first kappa shape index (κ1) is 35.1. The van der Waals surface area contributed by atoms with E-state index >= 15 is 0 Å². The van der Waals surface area contributed by atoms with E-state index in [1.807, 2.05) is 0 Å². The van der Waals surface area contributed by atoms with Gasteiger partial charge in [-0.1, -0.05) is 11.4 Å². The standard InChI is InChI=1S/C25H41N8O10PS/c1-13(2)42-21(36)25(7-8-25)31-44(39,45-11-15-19(35)33(5)23(37)32(15)4)41-10-16-17(34)24(3,38)20(43-16)29-12-28-14-9-27-22(26)30-18(14)40-6/h9,13,15-17,20,28-29,34,38H,7-8,10-12H2,1-6H3,(H,31,39)(H2,26,27,30)/t15?,16?,17-,20?,24-,44?/m1/s1. The SMILES string of the molecule is COc1nc(N)ncc1NCNC1OC(COP(=O)(NC2(C(=O)OC(C)C)CC2)SCC2C(=O)N(C)C(=O)N2C)[C@@H](O)[C@@]1(C)O. The van der Waals surface area contributed by atoms with Crippen LogP contribution in [0, 0.1) is 0 Å². The first-order chi connectivity index (χ1) is 21.0. The summed E-state index contributed by atoms with van der Waals surface area (Å²) in [5.41, 5.74) is 2.93. The number of methoxy groups -OCH3 is 1. The number of carbonyl (C=O) groups excluding carboxylic acids is 3. The van der Waals surface area contributed by atoms with Crippen LogP contribution in [0.5, 0.6) is 5.88 Å². The Bertz CT molecular complexity index is 1330. The minimum Gasteiger partial charge on any atom is -0.479 e. The van der Waals surface area contributed by atoms with Crippen LogP contribution in [0.4, 0.5) is 16.4 Å². The molecule has 1 aliphatic carbocycles. The lowest BCUT2D eigenvalue weighted by molar-refractivity contribution is -0.150. The van der Waals surface area contributed by atoms with E-state index in [1.54, 1.807) is 13.8 Å². The van der Waals surface area contributed by atoms with Gasteiger partial charge in [-0.15, -0.1) is 0 Å². The molecule has 45 heavy (non-hydrogen) atoms. The van der Waals surface area contributed by atoms with Crippen molar-refractivity contribution in [3.63, 3.8) is 0 Å². The highest BCUT2D eigenvalue weighted by Crippen LogP contribution is 2.61. The van der Waals surface area contributed by atoms with Crippen molar-refractivity contribution in [2.75, 3.05) is 51.3 Å². The van der Waals surface area contributed by atoms with Crippen LogP contribution in [0.15, 0.2) is 6.20 Å². The molecule has 1 aromatic rings. The minimum absolute atomic E-state index is 0.0235. The molecule has 6 atom stereocenters. The molecule has 4 unspecified atom stereocenters. The van der Waals surface area contributed by atoms with Gasteiger partial charge in [0.2, 0.25) is 11.8 Å². The maximum absolute atomic E-state index is 14.2. The van der Waals surface area contributed by atoms with Gasteiger partial charge in [0, 0.05) is 19.8 Å². The van der Waals surface area contributed by atoms with Crippen LogP contribution in [0.1, 0.15) is 33.6 Å². The fraction of sp³-hybridized carbons (Fsp3) is 0.720. The highest BCUT2D eigenvalue weighted by Gasteiger charge is 2.57. The number of nitrogens with two attached hydrogens (primary N) is 1. The van der Waals surface area contributed by atoms with E-state index < -0.39 is 73.0 Å². The van der Waals surface area contributed by atoms with E-state index in [9.17, 15) is 29.2 Å². The largest absolute Gasteiger partial charge is 0.479 e. The zero-order chi connectivity index (χ0) is 33.3. The number of hydrogen-bond acceptors (Lipinski definition) is 16. The van der Waals surface area contributed by atoms with E-state index in [0.717, 1.165) is 16.3 Å². The number of aliphatic hydroxyl groups excluding tert-OH is 1. The van der Waals surface area contributed by atoms with Crippen LogP contribution < -0.4 is 26.2 Å². The number of amides is 3. The Hall–Kier alpha value is -2.77. The van der Waals surface area contributed by atoms with Crippen LogP contribution in [0.3, 0.4) is 0 Å². The van der Waals surface area contributed by atoms with Gasteiger partial charge in [0.1, 0.15) is 41.3 Å². The third-order valence-electron chi connectivity index (χ3n) is 7.64. The predicted molar refractivity (Wildman–Crippen MR) is 162 cm³/mol. The number of nitrogens with zero attached hydrogens (tertiary/aromatic N) is 4. The molecular formula is C25H41N8O10PS. The predicted octanol–water partition coefficient (Wildman–Crippen LogP) is -0.313. The lowest BCUT2D eigenvalue weighted by Crippen LogP contribution is -2.52. The summed E-state index contributed by atoms with van der Waals surface area (Å²) >= 11 is 0.752. The number of rotatable bonds is 15. The summed E-state index contributed by atoms with van der Waals surface area (Å²) in [6.45, 7) is 0.299. The summed E-state index contributed by atoms with van der Waals surface area (Å²) in [4.78, 5) is 47.8. The minimum atomic E-state index is -4.02. The van der Waals surface area contributed by atoms with Gasteiger partial charge >= 0.3 is 18.7 Å². The molecule has 4 rings (SSSR count). The van der Waals surface area contributed by atoms with Crippen molar-refractivity contribution in [1.82, 2.24) is 30.2 Å². The number of ether oxygens (including phenoxy) is 3. The quantitative estimate of drug-likeness (QED) is 0.0604. The molecule has 3 fully saturated rings. The zero-order valence-electron chi connectivity index (χ0n) is 25.9. The molecule has 20 heteroatoms. The molecule has 2 aliphatic heterocycles. The topological polar surface area (TPSA) is 240 Å². The molecule has 0 spiro atoms. The molecule has 18 nitrogen and oxygen atoms in total. The smallest absolute Gasteiger partial charge is 0.327 e. The van der Waals surface area contributed by atoms with Gasteiger partial charge in [-0.05, 0) is 33.6 Å². The van der Waals surface area contributed by atoms with Gasteiger partial charge in [-0.3, -0.25) is 24.4 Å². The van der Waals surface area contributed by atoms with E-state index in [1.165, 1.54) is 39.2 Å². The number of carbonyl (C=O) groups is 3. The average molecular weight is 677 g/mol. The number of esters is 1. The zero-order valence-corrected chi connectivity index (χ0v) is 27.6. The van der Waals surface area contributed by atoms with Gasteiger partial charge in [0.05, 0.1) is 32.7 Å². The second kappa shape index (κ2) is 13.5. The molecule has 2 saturated heterocycles. The molecule has 3 amide bonds. The number of urea groups is 1. The maximum Gasteiger partial charge on any atom is 0.327 e. The Labute approximate surface area is 264 Å². The van der Waals surface area contributed by atoms with Crippen LogP contribution in [-0.2, 0) is 28.2 Å². The average Bonchev–Trinajstić information content (AvgIpc) is 3.69. The second-order valence-corrected chi connectivity index (χ2v) is 15.8. The normalized spacial score (nSPS) is 28.8. The number of nitrogen functional groups attached to an aromatic ring is 1. The van der Waals surface area contributed by atoms with Crippen molar-refractivity contribution in [2.24, 2.45) is 0 Å². The first-order valence-electron chi connectivity index (χ1n) is 14.2. The molecule has 1 saturated carbocycles. The van der Waals surface area contributed by atoms with E-state index in [2.05, 4.69) is 25.7 Å². The van der Waals surface area contributed by atoms with Crippen LogP contribution in [-0.4, -0.2) is 130 Å². The van der Waals surface area contributed by atoms with Crippen molar-refractivity contribution in [3.8, 4) is 5.88 Å². The monoisotopic (exact) mass is 676 g/mol. The fourth-order valence-corrected chi connectivity index (χ4v) is 8.98. The number of aromatic nitrogens is 2. The number of anilines is 2. The molecule has 7 N–H and O–H groups in total. The number of nitrogens with one attached hydrogen (secondary N) is 3. The highest BCUT2D eigenvalue weighted by atomic mass is 32.7. The van der Waals surface area contributed by atoms with Crippen molar-refractivity contribution in [2.45, 2.75) is 75.3 Å². The van der Waals surface area contributed by atoms with Crippen LogP contribution >= 0.6 is 18.1 Å². The van der Waals surface area contributed by atoms with Gasteiger partial charge in [-0.2, -0.15) is 4.98 Å². The van der Waals surface area contributed by atoms with Crippen molar-refractivity contribution >= 4 is 47.6 Å². The summed E-state index contributed by atoms with van der Waals surface area (Å²) < 4.78 is 36.5. The van der Waals surface area contributed by atoms with E-state index in [-0.39, 0.29) is 24.2 Å². The summed E-state index contributed by atoms with van der Waals surface area (Å²) in [5, 5.41) is 30.7. The van der Waals surface area contributed by atoms with Crippen molar-refractivity contribution in [3.05, 3.63) is 6.20 Å². The molecule has 1 aromatic heterocycles. The van der Waals surface area contributed by atoms with Crippen molar-refractivity contribution in [1.29, 1.82) is 0 Å². The molecule has 0 bridgehead atoms. The van der Waals surface area contributed by atoms with Gasteiger partial charge in [-0.25, -0.2) is 14.9 Å². The number of likely N-dealkylation sites (N-methyl/N-ethyl adjacent to an activating group) is 2. The van der Waals surface area contributed by atoms with Gasteiger partial charge in [0.25, 0.3) is 5.91 Å². The number of imide groups is 1. The first-order valence-corrected chi connectivity index (χ1v) is 17.4. The second-order valence-electron chi connectivity index (χ2n) is 11.5. The summed E-state index contributed by atoms with van der Waals surface area (Å²) in [6.07, 6.45) is -2.03. The van der Waals surface area contributed by atoms with Gasteiger partial charge in [0.15, 0.2) is 0 Å².